The molecule has 0 bridgehead atoms. The van der Waals surface area contributed by atoms with Crippen molar-refractivity contribution in [2.24, 2.45) is 0 Å². The lowest BCUT2D eigenvalue weighted by Crippen LogP contribution is -2.03. The summed E-state index contributed by atoms with van der Waals surface area (Å²) in [6.07, 6.45) is 13.4. The number of aromatic amines is 2. The smallest absolute Gasteiger partial charge is 0.129 e. The Kier molecular flexibility index (Phi) is 8.95. The van der Waals surface area contributed by atoms with Gasteiger partial charge in [-0.05, 0) is 49.2 Å². The molecule has 0 spiro atoms. The molecule has 1 aromatic carbocycles. The van der Waals surface area contributed by atoms with Gasteiger partial charge in [-0.15, -0.1) is 0 Å². The summed E-state index contributed by atoms with van der Waals surface area (Å²) in [7, 11) is 0. The maximum Gasteiger partial charge on any atom is 0.129 e. The van der Waals surface area contributed by atoms with Crippen molar-refractivity contribution in [1.29, 1.82) is 0 Å². The molecule has 0 saturated carbocycles. The van der Waals surface area contributed by atoms with Gasteiger partial charge >= 0.3 is 0 Å². The summed E-state index contributed by atoms with van der Waals surface area (Å²) in [5.74, 6) is 1.80. The summed E-state index contributed by atoms with van der Waals surface area (Å²) >= 11 is 0. The number of rotatable bonds is 14. The standard InChI is InChI=1S/C26H36N2O2/c1-3-5-7-9-17-29-25-19-22(24-14-12-16-28-24)26(30-18-10-8-6-4-2)20-21(25)23-13-11-15-27-23/h11-16,19-20,27-28H,3-10,17-18H2,1-2H3. The Balaban J connectivity index is 1.86. The van der Waals surface area contributed by atoms with Crippen LogP contribution in [0.15, 0.2) is 48.8 Å². The molecule has 0 aliphatic heterocycles. The van der Waals surface area contributed by atoms with E-state index in [9.17, 15) is 0 Å². The molecule has 0 aliphatic carbocycles. The molecular weight excluding hydrogens is 372 g/mol. The van der Waals surface area contributed by atoms with Gasteiger partial charge < -0.3 is 19.4 Å². The predicted octanol–water partition coefficient (Wildman–Crippen LogP) is 7.60. The van der Waals surface area contributed by atoms with Gasteiger partial charge in [0.25, 0.3) is 0 Å². The average molecular weight is 409 g/mol. The lowest BCUT2D eigenvalue weighted by Gasteiger charge is -2.17. The molecule has 162 valence electrons. The number of nitrogens with one attached hydrogen (secondary N) is 2. The Morgan fingerprint density at radius 2 is 1.10 bits per heavy atom. The second-order valence-corrected chi connectivity index (χ2v) is 7.83. The van der Waals surface area contributed by atoms with Crippen LogP contribution in [-0.4, -0.2) is 23.2 Å². The molecule has 3 aromatic rings. The molecule has 2 N–H and O–H groups in total. The zero-order valence-electron chi connectivity index (χ0n) is 18.5. The van der Waals surface area contributed by atoms with Crippen LogP contribution in [0.3, 0.4) is 0 Å². The average Bonchev–Trinajstić information content (AvgIpc) is 3.48. The van der Waals surface area contributed by atoms with Crippen LogP contribution in [0.25, 0.3) is 22.5 Å². The van der Waals surface area contributed by atoms with Crippen LogP contribution in [0.2, 0.25) is 0 Å². The fourth-order valence-electron chi connectivity index (χ4n) is 3.64. The summed E-state index contributed by atoms with van der Waals surface area (Å²) in [5, 5.41) is 0. The van der Waals surface area contributed by atoms with E-state index in [-0.39, 0.29) is 0 Å². The molecule has 4 nitrogen and oxygen atoms in total. The number of benzene rings is 1. The van der Waals surface area contributed by atoms with E-state index in [2.05, 4.69) is 48.1 Å². The van der Waals surface area contributed by atoms with Crippen LogP contribution in [0.1, 0.15) is 65.2 Å². The molecule has 4 heteroatoms. The van der Waals surface area contributed by atoms with Crippen LogP contribution in [0, 0.1) is 0 Å². The summed E-state index contributed by atoms with van der Waals surface area (Å²) in [6.45, 7) is 5.92. The molecule has 0 unspecified atom stereocenters. The first-order chi connectivity index (χ1) is 14.8. The third kappa shape index (κ3) is 6.19. The summed E-state index contributed by atoms with van der Waals surface area (Å²) < 4.78 is 12.5. The molecule has 0 radical (unpaired) electrons. The minimum absolute atomic E-state index is 0.731. The molecule has 30 heavy (non-hydrogen) atoms. The third-order valence-corrected chi connectivity index (χ3v) is 5.37. The number of H-pyrrole nitrogens is 2. The molecule has 2 heterocycles. The molecule has 2 aromatic heterocycles. The highest BCUT2D eigenvalue weighted by atomic mass is 16.5. The zero-order chi connectivity index (χ0) is 21.0. The molecular formula is C26H36N2O2. The minimum atomic E-state index is 0.731. The highest BCUT2D eigenvalue weighted by molar-refractivity contribution is 5.78. The van der Waals surface area contributed by atoms with E-state index in [1.54, 1.807) is 0 Å². The monoisotopic (exact) mass is 408 g/mol. The summed E-state index contributed by atoms with van der Waals surface area (Å²) in [4.78, 5) is 6.65. The SMILES string of the molecule is CCCCCCOc1cc(-c2ccc[nH]2)c(OCCCCCC)cc1-c1ccc[nH]1. The number of hydrogen-bond acceptors (Lipinski definition) is 2. The van der Waals surface area contributed by atoms with Crippen molar-refractivity contribution in [3.05, 3.63) is 48.8 Å². The quantitative estimate of drug-likeness (QED) is 0.270. The fourth-order valence-corrected chi connectivity index (χ4v) is 3.64. The first-order valence-corrected chi connectivity index (χ1v) is 11.5. The lowest BCUT2D eigenvalue weighted by molar-refractivity contribution is 0.299. The van der Waals surface area contributed by atoms with E-state index in [0.717, 1.165) is 60.1 Å². The molecule has 0 fully saturated rings. The third-order valence-electron chi connectivity index (χ3n) is 5.37. The van der Waals surface area contributed by atoms with Crippen molar-refractivity contribution in [3.8, 4) is 34.0 Å². The van der Waals surface area contributed by atoms with E-state index < -0.39 is 0 Å². The maximum atomic E-state index is 6.27. The predicted molar refractivity (Wildman–Crippen MR) is 125 cm³/mol. The Morgan fingerprint density at radius 1 is 0.633 bits per heavy atom. The number of unbranched alkanes of at least 4 members (excludes halogenated alkanes) is 6. The highest BCUT2D eigenvalue weighted by Gasteiger charge is 2.16. The molecule has 0 atom stereocenters. The van der Waals surface area contributed by atoms with Gasteiger partial charge in [-0.3, -0.25) is 0 Å². The van der Waals surface area contributed by atoms with Crippen LogP contribution in [-0.2, 0) is 0 Å². The van der Waals surface area contributed by atoms with Crippen molar-refractivity contribution >= 4 is 0 Å². The lowest BCUT2D eigenvalue weighted by atomic mass is 10.0. The minimum Gasteiger partial charge on any atom is -0.493 e. The number of hydrogen-bond donors (Lipinski definition) is 2. The molecule has 0 amide bonds. The highest BCUT2D eigenvalue weighted by Crippen LogP contribution is 2.40. The Morgan fingerprint density at radius 3 is 1.47 bits per heavy atom. The van der Waals surface area contributed by atoms with Crippen molar-refractivity contribution in [1.82, 2.24) is 9.97 Å². The second kappa shape index (κ2) is 12.2. The van der Waals surface area contributed by atoms with Crippen molar-refractivity contribution in [2.75, 3.05) is 13.2 Å². The Labute approximate surface area is 181 Å². The van der Waals surface area contributed by atoms with Crippen LogP contribution >= 0.6 is 0 Å². The first kappa shape index (κ1) is 22.1. The second-order valence-electron chi connectivity index (χ2n) is 7.83. The van der Waals surface area contributed by atoms with E-state index in [0.29, 0.717) is 0 Å². The summed E-state index contributed by atoms with van der Waals surface area (Å²) in [6, 6.07) is 12.5. The van der Waals surface area contributed by atoms with E-state index in [4.69, 9.17) is 9.47 Å². The Bertz CT molecular complexity index is 766. The largest absolute Gasteiger partial charge is 0.493 e. The van der Waals surface area contributed by atoms with Crippen molar-refractivity contribution in [3.63, 3.8) is 0 Å². The molecule has 0 aliphatic rings. The fraction of sp³-hybridized carbons (Fsp3) is 0.462. The van der Waals surface area contributed by atoms with Gasteiger partial charge in [-0.1, -0.05) is 52.4 Å². The Hall–Kier alpha value is -2.62. The van der Waals surface area contributed by atoms with E-state index >= 15 is 0 Å². The van der Waals surface area contributed by atoms with Crippen molar-refractivity contribution in [2.45, 2.75) is 65.2 Å². The number of aromatic nitrogens is 2. The topological polar surface area (TPSA) is 50.0 Å². The first-order valence-electron chi connectivity index (χ1n) is 11.5. The van der Waals surface area contributed by atoms with Gasteiger partial charge in [0.1, 0.15) is 11.5 Å². The van der Waals surface area contributed by atoms with Gasteiger partial charge in [0, 0.05) is 34.9 Å². The van der Waals surface area contributed by atoms with Crippen LogP contribution in [0.4, 0.5) is 0 Å². The normalized spacial score (nSPS) is 11.0. The van der Waals surface area contributed by atoms with Gasteiger partial charge in [-0.25, -0.2) is 0 Å². The van der Waals surface area contributed by atoms with Gasteiger partial charge in [0.15, 0.2) is 0 Å². The molecule has 0 saturated heterocycles. The van der Waals surface area contributed by atoms with Crippen molar-refractivity contribution < 1.29 is 9.47 Å². The maximum absolute atomic E-state index is 6.27. The number of ether oxygens (including phenoxy) is 2. The van der Waals surface area contributed by atoms with E-state index in [1.165, 1.54) is 38.5 Å². The molecule has 3 rings (SSSR count). The van der Waals surface area contributed by atoms with Gasteiger partial charge in [0.05, 0.1) is 13.2 Å². The van der Waals surface area contributed by atoms with Crippen LogP contribution in [0.5, 0.6) is 11.5 Å². The van der Waals surface area contributed by atoms with Crippen LogP contribution < -0.4 is 9.47 Å². The zero-order valence-corrected chi connectivity index (χ0v) is 18.5. The van der Waals surface area contributed by atoms with Gasteiger partial charge in [-0.2, -0.15) is 0 Å². The van der Waals surface area contributed by atoms with E-state index in [1.807, 2.05) is 24.5 Å². The summed E-state index contributed by atoms with van der Waals surface area (Å²) in [5.41, 5.74) is 4.20. The van der Waals surface area contributed by atoms with Gasteiger partial charge in [0.2, 0.25) is 0 Å².